The van der Waals surface area contributed by atoms with Crippen LogP contribution in [-0.4, -0.2) is 71.0 Å². The summed E-state index contributed by atoms with van der Waals surface area (Å²) in [6.45, 7) is 1.38. The first-order valence-corrected chi connectivity index (χ1v) is 8.54. The average Bonchev–Trinajstić information content (AvgIpc) is 3.12. The molecule has 1 aromatic rings. The van der Waals surface area contributed by atoms with Gasteiger partial charge in [0.25, 0.3) is 0 Å². The van der Waals surface area contributed by atoms with Crippen LogP contribution in [0.25, 0.3) is 0 Å². The van der Waals surface area contributed by atoms with Crippen molar-refractivity contribution in [2.24, 2.45) is 0 Å². The SMILES string of the molecule is CCCCn1c(C(=O)OC)c(F)c(C2OC(CO)C(O)C2O)c1C(=O)OC. The van der Waals surface area contributed by atoms with E-state index in [0.29, 0.717) is 12.8 Å². The van der Waals surface area contributed by atoms with E-state index >= 15 is 4.39 Å². The van der Waals surface area contributed by atoms with E-state index in [9.17, 15) is 24.9 Å². The summed E-state index contributed by atoms with van der Waals surface area (Å²) in [6.07, 6.45) is -4.53. The Balaban J connectivity index is 2.70. The van der Waals surface area contributed by atoms with Gasteiger partial charge in [0, 0.05) is 6.54 Å². The minimum absolute atomic E-state index is 0.122. The second-order valence-corrected chi connectivity index (χ2v) is 6.17. The number of carbonyl (C=O) groups is 2. The summed E-state index contributed by atoms with van der Waals surface area (Å²) in [5.74, 6) is -3.05. The molecule has 4 atom stereocenters. The van der Waals surface area contributed by atoms with Gasteiger partial charge in [-0.3, -0.25) is 0 Å². The van der Waals surface area contributed by atoms with Crippen LogP contribution in [0.1, 0.15) is 52.4 Å². The molecular weight excluding hydrogens is 365 g/mol. The molecule has 1 aliphatic heterocycles. The Morgan fingerprint density at radius 1 is 1.15 bits per heavy atom. The molecule has 1 aliphatic rings. The summed E-state index contributed by atoms with van der Waals surface area (Å²) in [4.78, 5) is 24.5. The fraction of sp³-hybridized carbons (Fsp3) is 0.647. The summed E-state index contributed by atoms with van der Waals surface area (Å²) in [6, 6.07) is 0. The van der Waals surface area contributed by atoms with Crippen LogP contribution in [0.4, 0.5) is 4.39 Å². The van der Waals surface area contributed by atoms with E-state index in [0.717, 1.165) is 18.8 Å². The van der Waals surface area contributed by atoms with Crippen LogP contribution < -0.4 is 0 Å². The number of carbonyl (C=O) groups excluding carboxylic acids is 2. The van der Waals surface area contributed by atoms with Gasteiger partial charge in [0.1, 0.15) is 30.1 Å². The van der Waals surface area contributed by atoms with Crippen molar-refractivity contribution in [3.05, 3.63) is 22.8 Å². The number of rotatable bonds is 7. The van der Waals surface area contributed by atoms with E-state index in [-0.39, 0.29) is 12.2 Å². The van der Waals surface area contributed by atoms with Gasteiger partial charge in [-0.1, -0.05) is 13.3 Å². The van der Waals surface area contributed by atoms with E-state index in [2.05, 4.69) is 4.74 Å². The molecule has 0 bridgehead atoms. The maximum Gasteiger partial charge on any atom is 0.357 e. The first-order chi connectivity index (χ1) is 12.8. The molecule has 0 radical (unpaired) electrons. The molecular formula is C17H24FNO8. The number of aliphatic hydroxyl groups excluding tert-OH is 3. The molecule has 1 fully saturated rings. The van der Waals surface area contributed by atoms with Crippen LogP contribution in [0.2, 0.25) is 0 Å². The van der Waals surface area contributed by atoms with Crippen LogP contribution >= 0.6 is 0 Å². The number of aliphatic hydroxyl groups is 3. The zero-order valence-corrected chi connectivity index (χ0v) is 15.3. The van der Waals surface area contributed by atoms with Crippen LogP contribution in [0.3, 0.4) is 0 Å². The highest BCUT2D eigenvalue weighted by Gasteiger charge is 2.48. The third-order valence-electron chi connectivity index (χ3n) is 4.56. The lowest BCUT2D eigenvalue weighted by Crippen LogP contribution is -2.32. The van der Waals surface area contributed by atoms with Gasteiger partial charge in [-0.05, 0) is 6.42 Å². The average molecular weight is 389 g/mol. The van der Waals surface area contributed by atoms with Gasteiger partial charge in [0.05, 0.1) is 26.4 Å². The Labute approximate surface area is 155 Å². The number of esters is 2. The Morgan fingerprint density at radius 2 is 1.74 bits per heavy atom. The molecule has 2 heterocycles. The Kier molecular flexibility index (Phi) is 6.93. The summed E-state index contributed by atoms with van der Waals surface area (Å²) < 4.78 is 31.1. The summed E-state index contributed by atoms with van der Waals surface area (Å²) >= 11 is 0. The van der Waals surface area contributed by atoms with Crippen LogP contribution in [0.5, 0.6) is 0 Å². The van der Waals surface area contributed by atoms with Crippen molar-refractivity contribution < 1.29 is 43.5 Å². The lowest BCUT2D eigenvalue weighted by atomic mass is 10.0. The van der Waals surface area contributed by atoms with E-state index < -0.39 is 60.0 Å². The zero-order valence-electron chi connectivity index (χ0n) is 15.3. The Bertz CT molecular complexity index is 704. The quantitative estimate of drug-likeness (QED) is 0.563. The number of hydrogen-bond donors (Lipinski definition) is 3. The van der Waals surface area contributed by atoms with Crippen molar-refractivity contribution in [1.29, 1.82) is 0 Å². The summed E-state index contributed by atoms with van der Waals surface area (Å²) in [5.41, 5.74) is -1.22. The number of unbranched alkanes of at least 4 members (excludes halogenated alkanes) is 1. The number of halogens is 1. The highest BCUT2D eigenvalue weighted by molar-refractivity contribution is 5.95. The van der Waals surface area contributed by atoms with Crippen molar-refractivity contribution in [1.82, 2.24) is 4.57 Å². The number of hydrogen-bond acceptors (Lipinski definition) is 8. The van der Waals surface area contributed by atoms with E-state index in [4.69, 9.17) is 9.47 Å². The minimum Gasteiger partial charge on any atom is -0.464 e. The molecule has 0 spiro atoms. The van der Waals surface area contributed by atoms with Crippen molar-refractivity contribution >= 4 is 11.9 Å². The predicted octanol–water partition coefficient (Wildman–Crippen LogP) is 0.155. The molecule has 0 aromatic carbocycles. The topological polar surface area (TPSA) is 127 Å². The molecule has 10 heteroatoms. The second-order valence-electron chi connectivity index (χ2n) is 6.17. The molecule has 1 saturated heterocycles. The fourth-order valence-corrected chi connectivity index (χ4v) is 3.16. The van der Waals surface area contributed by atoms with Crippen molar-refractivity contribution in [2.75, 3.05) is 20.8 Å². The largest absolute Gasteiger partial charge is 0.464 e. The van der Waals surface area contributed by atoms with Crippen LogP contribution in [0, 0.1) is 5.82 Å². The standard InChI is InChI=1S/C17H24FNO8/c1-4-5-6-19-11(16(23)25-2)9(10(18)12(19)17(24)26-3)15-14(22)13(21)8(7-20)27-15/h8,13-15,20-22H,4-7H2,1-3H3. The van der Waals surface area contributed by atoms with Crippen molar-refractivity contribution in [3.8, 4) is 0 Å². The normalized spacial score (nSPS) is 24.9. The van der Waals surface area contributed by atoms with Gasteiger partial charge in [-0.25, -0.2) is 14.0 Å². The third kappa shape index (κ3) is 3.70. The monoisotopic (exact) mass is 389 g/mol. The number of methoxy groups -OCH3 is 2. The summed E-state index contributed by atoms with van der Waals surface area (Å²) in [7, 11) is 2.17. The fourth-order valence-electron chi connectivity index (χ4n) is 3.16. The van der Waals surface area contributed by atoms with Gasteiger partial charge in [0.15, 0.2) is 11.5 Å². The molecule has 27 heavy (non-hydrogen) atoms. The molecule has 9 nitrogen and oxygen atoms in total. The van der Waals surface area contributed by atoms with Gasteiger partial charge in [0.2, 0.25) is 0 Å². The third-order valence-corrected chi connectivity index (χ3v) is 4.56. The maximum atomic E-state index is 15.2. The lowest BCUT2D eigenvalue weighted by molar-refractivity contribution is -0.0240. The summed E-state index contributed by atoms with van der Waals surface area (Å²) in [5, 5.41) is 29.5. The molecule has 0 aliphatic carbocycles. The minimum atomic E-state index is -1.62. The zero-order chi connectivity index (χ0) is 20.3. The number of ether oxygens (including phenoxy) is 3. The molecule has 0 amide bonds. The molecule has 0 saturated carbocycles. The van der Waals surface area contributed by atoms with Crippen molar-refractivity contribution in [3.63, 3.8) is 0 Å². The molecule has 152 valence electrons. The molecule has 2 rings (SSSR count). The van der Waals surface area contributed by atoms with Gasteiger partial charge < -0.3 is 34.1 Å². The smallest absolute Gasteiger partial charge is 0.357 e. The van der Waals surface area contributed by atoms with Crippen LogP contribution in [0.15, 0.2) is 0 Å². The first-order valence-electron chi connectivity index (χ1n) is 8.54. The first kappa shape index (κ1) is 21.3. The van der Waals surface area contributed by atoms with Gasteiger partial charge >= 0.3 is 11.9 Å². The predicted molar refractivity (Wildman–Crippen MR) is 88.7 cm³/mol. The number of nitrogens with zero attached hydrogens (tertiary/aromatic N) is 1. The molecule has 1 aromatic heterocycles. The number of aromatic nitrogens is 1. The van der Waals surface area contributed by atoms with E-state index in [1.807, 2.05) is 6.92 Å². The van der Waals surface area contributed by atoms with Gasteiger partial charge in [-0.15, -0.1) is 0 Å². The molecule has 4 unspecified atom stereocenters. The highest BCUT2D eigenvalue weighted by atomic mass is 19.1. The van der Waals surface area contributed by atoms with Gasteiger partial charge in [-0.2, -0.15) is 0 Å². The maximum absolute atomic E-state index is 15.2. The van der Waals surface area contributed by atoms with Crippen LogP contribution in [-0.2, 0) is 20.8 Å². The Morgan fingerprint density at radius 3 is 2.22 bits per heavy atom. The van der Waals surface area contributed by atoms with Crippen molar-refractivity contribution in [2.45, 2.75) is 50.7 Å². The molecule has 3 N–H and O–H groups in total. The van der Waals surface area contributed by atoms with E-state index in [1.54, 1.807) is 0 Å². The lowest BCUT2D eigenvalue weighted by Gasteiger charge is -2.16. The highest BCUT2D eigenvalue weighted by Crippen LogP contribution is 2.39. The second kappa shape index (κ2) is 8.79. The van der Waals surface area contributed by atoms with E-state index in [1.165, 1.54) is 0 Å². The Hall–Kier alpha value is -2.01.